The van der Waals surface area contributed by atoms with Crippen molar-refractivity contribution in [2.75, 3.05) is 31.6 Å². The predicted octanol–water partition coefficient (Wildman–Crippen LogP) is 0.480. The third kappa shape index (κ3) is 4.80. The second-order valence-corrected chi connectivity index (χ2v) is 7.16. The van der Waals surface area contributed by atoms with Crippen molar-refractivity contribution in [1.82, 2.24) is 4.90 Å². The van der Waals surface area contributed by atoms with E-state index in [0.29, 0.717) is 17.7 Å². The highest BCUT2D eigenvalue weighted by molar-refractivity contribution is 7.90. The molecule has 1 rings (SSSR count). The van der Waals surface area contributed by atoms with E-state index in [4.69, 9.17) is 5.73 Å². The normalized spacial score (nSPS) is 28.2. The lowest BCUT2D eigenvalue weighted by Crippen LogP contribution is -2.47. The first-order chi connectivity index (χ1) is 7.42. The second-order valence-electron chi connectivity index (χ2n) is 4.90. The van der Waals surface area contributed by atoms with Crippen LogP contribution in [-0.2, 0) is 9.84 Å². The molecular formula is C11H24N2O2S. The SMILES string of the molecule is CCC1CN(CCCS(C)(=O)=O)CCC1N. The summed E-state index contributed by atoms with van der Waals surface area (Å²) in [6, 6.07) is 0.330. The van der Waals surface area contributed by atoms with E-state index in [9.17, 15) is 8.42 Å². The summed E-state index contributed by atoms with van der Waals surface area (Å²) < 4.78 is 22.0. The van der Waals surface area contributed by atoms with Gasteiger partial charge >= 0.3 is 0 Å². The maximum atomic E-state index is 11.0. The minimum atomic E-state index is -2.81. The lowest BCUT2D eigenvalue weighted by Gasteiger charge is -2.36. The third-order valence-corrected chi connectivity index (χ3v) is 4.42. The van der Waals surface area contributed by atoms with E-state index in [-0.39, 0.29) is 0 Å². The van der Waals surface area contributed by atoms with Crippen LogP contribution >= 0.6 is 0 Å². The average molecular weight is 248 g/mol. The number of hydrogen-bond acceptors (Lipinski definition) is 4. The maximum absolute atomic E-state index is 11.0. The molecule has 16 heavy (non-hydrogen) atoms. The van der Waals surface area contributed by atoms with Gasteiger partial charge in [-0.1, -0.05) is 13.3 Å². The van der Waals surface area contributed by atoms with E-state index in [1.54, 1.807) is 0 Å². The summed E-state index contributed by atoms with van der Waals surface area (Å²) in [5.41, 5.74) is 6.03. The van der Waals surface area contributed by atoms with Crippen LogP contribution in [-0.4, -0.2) is 51.0 Å². The summed E-state index contributed by atoms with van der Waals surface area (Å²) in [6.45, 7) is 5.10. The average Bonchev–Trinajstić information content (AvgIpc) is 2.18. The largest absolute Gasteiger partial charge is 0.327 e. The Balaban J connectivity index is 2.28. The predicted molar refractivity (Wildman–Crippen MR) is 67.1 cm³/mol. The molecule has 1 aliphatic heterocycles. The van der Waals surface area contributed by atoms with Crippen molar-refractivity contribution < 1.29 is 8.42 Å². The van der Waals surface area contributed by atoms with E-state index in [0.717, 1.165) is 38.9 Å². The number of nitrogens with two attached hydrogens (primary N) is 1. The van der Waals surface area contributed by atoms with Crippen LogP contribution in [0, 0.1) is 5.92 Å². The quantitative estimate of drug-likeness (QED) is 0.768. The van der Waals surface area contributed by atoms with Crippen LogP contribution < -0.4 is 5.73 Å². The molecular weight excluding hydrogens is 224 g/mol. The van der Waals surface area contributed by atoms with Crippen LogP contribution in [0.5, 0.6) is 0 Å². The molecule has 0 aromatic heterocycles. The Morgan fingerprint density at radius 3 is 2.69 bits per heavy atom. The first-order valence-corrected chi connectivity index (χ1v) is 8.14. The zero-order chi connectivity index (χ0) is 12.2. The molecule has 0 saturated carbocycles. The zero-order valence-corrected chi connectivity index (χ0v) is 11.2. The number of nitrogens with zero attached hydrogens (tertiary/aromatic N) is 1. The molecule has 2 unspecified atom stereocenters. The Morgan fingerprint density at radius 1 is 1.44 bits per heavy atom. The molecule has 1 aliphatic rings. The van der Waals surface area contributed by atoms with Gasteiger partial charge in [0.05, 0.1) is 5.75 Å². The molecule has 1 fully saturated rings. The lowest BCUT2D eigenvalue weighted by molar-refractivity contribution is 0.152. The standard InChI is InChI=1S/C11H24N2O2S/c1-3-10-9-13(7-5-11(10)12)6-4-8-16(2,14)15/h10-11H,3-9,12H2,1-2H3. The highest BCUT2D eigenvalue weighted by atomic mass is 32.2. The van der Waals surface area contributed by atoms with Gasteiger partial charge in [0.25, 0.3) is 0 Å². The maximum Gasteiger partial charge on any atom is 0.147 e. The summed E-state index contributed by atoms with van der Waals surface area (Å²) in [7, 11) is -2.81. The van der Waals surface area contributed by atoms with Gasteiger partial charge in [-0.2, -0.15) is 0 Å². The number of piperidine rings is 1. The van der Waals surface area contributed by atoms with Gasteiger partial charge < -0.3 is 10.6 Å². The monoisotopic (exact) mass is 248 g/mol. The summed E-state index contributed by atoms with van der Waals surface area (Å²) >= 11 is 0. The Kier molecular flexibility index (Phi) is 5.21. The van der Waals surface area contributed by atoms with E-state index in [1.807, 2.05) is 0 Å². The van der Waals surface area contributed by atoms with Gasteiger partial charge in [0.1, 0.15) is 9.84 Å². The van der Waals surface area contributed by atoms with E-state index >= 15 is 0 Å². The van der Waals surface area contributed by atoms with Gasteiger partial charge in [0, 0.05) is 18.8 Å². The molecule has 5 heteroatoms. The number of rotatable bonds is 5. The molecule has 1 heterocycles. The number of hydrogen-bond donors (Lipinski definition) is 1. The minimum absolute atomic E-state index is 0.298. The highest BCUT2D eigenvalue weighted by Crippen LogP contribution is 2.18. The van der Waals surface area contributed by atoms with Gasteiger partial charge in [-0.15, -0.1) is 0 Å². The van der Waals surface area contributed by atoms with E-state index in [2.05, 4.69) is 11.8 Å². The first kappa shape index (κ1) is 13.9. The van der Waals surface area contributed by atoms with Crippen LogP contribution in [0.2, 0.25) is 0 Å². The molecule has 0 spiro atoms. The molecule has 0 aromatic carbocycles. The summed E-state index contributed by atoms with van der Waals surface area (Å²) in [5, 5.41) is 0. The number of likely N-dealkylation sites (tertiary alicyclic amines) is 1. The smallest absolute Gasteiger partial charge is 0.147 e. The zero-order valence-electron chi connectivity index (χ0n) is 10.4. The summed E-state index contributed by atoms with van der Waals surface area (Å²) in [6.07, 6.45) is 4.19. The molecule has 0 aliphatic carbocycles. The number of sulfone groups is 1. The molecule has 2 atom stereocenters. The highest BCUT2D eigenvalue weighted by Gasteiger charge is 2.24. The lowest BCUT2D eigenvalue weighted by atomic mass is 9.91. The molecule has 96 valence electrons. The Bertz CT molecular complexity index is 303. The first-order valence-electron chi connectivity index (χ1n) is 6.08. The van der Waals surface area contributed by atoms with Gasteiger partial charge in [-0.25, -0.2) is 8.42 Å². The van der Waals surface area contributed by atoms with E-state index < -0.39 is 9.84 Å². The van der Waals surface area contributed by atoms with Crippen molar-refractivity contribution in [2.45, 2.75) is 32.2 Å². The van der Waals surface area contributed by atoms with Gasteiger partial charge in [-0.3, -0.25) is 0 Å². The Morgan fingerprint density at radius 2 is 2.12 bits per heavy atom. The van der Waals surface area contributed by atoms with E-state index in [1.165, 1.54) is 6.26 Å². The van der Waals surface area contributed by atoms with Crippen molar-refractivity contribution in [2.24, 2.45) is 11.7 Å². The minimum Gasteiger partial charge on any atom is -0.327 e. The molecule has 4 nitrogen and oxygen atoms in total. The van der Waals surface area contributed by atoms with Crippen LogP contribution in [0.15, 0.2) is 0 Å². The van der Waals surface area contributed by atoms with Crippen LogP contribution in [0.4, 0.5) is 0 Å². The molecule has 0 amide bonds. The molecule has 0 bridgehead atoms. The molecule has 0 aromatic rings. The fourth-order valence-electron chi connectivity index (χ4n) is 2.31. The Hall–Kier alpha value is -0.130. The molecule has 0 radical (unpaired) electrons. The second kappa shape index (κ2) is 5.98. The van der Waals surface area contributed by atoms with Crippen LogP contribution in [0.1, 0.15) is 26.2 Å². The topological polar surface area (TPSA) is 63.4 Å². The summed E-state index contributed by atoms with van der Waals surface area (Å²) in [4.78, 5) is 2.35. The van der Waals surface area contributed by atoms with Crippen molar-refractivity contribution in [3.8, 4) is 0 Å². The van der Waals surface area contributed by atoms with Crippen molar-refractivity contribution in [1.29, 1.82) is 0 Å². The van der Waals surface area contributed by atoms with Crippen molar-refractivity contribution in [3.05, 3.63) is 0 Å². The van der Waals surface area contributed by atoms with Crippen LogP contribution in [0.25, 0.3) is 0 Å². The van der Waals surface area contributed by atoms with Crippen molar-refractivity contribution >= 4 is 9.84 Å². The molecule has 2 N–H and O–H groups in total. The van der Waals surface area contributed by atoms with Gasteiger partial charge in [0.15, 0.2) is 0 Å². The van der Waals surface area contributed by atoms with Crippen LogP contribution in [0.3, 0.4) is 0 Å². The summed E-state index contributed by atoms with van der Waals surface area (Å²) in [5.74, 6) is 0.874. The molecule has 1 saturated heterocycles. The van der Waals surface area contributed by atoms with Gasteiger partial charge in [0.2, 0.25) is 0 Å². The Labute approximate surface area is 99.1 Å². The fraction of sp³-hybridized carbons (Fsp3) is 1.00. The fourth-order valence-corrected chi connectivity index (χ4v) is 2.96. The van der Waals surface area contributed by atoms with Gasteiger partial charge in [-0.05, 0) is 31.8 Å². The van der Waals surface area contributed by atoms with Crippen molar-refractivity contribution in [3.63, 3.8) is 0 Å². The third-order valence-electron chi connectivity index (χ3n) is 3.39.